The summed E-state index contributed by atoms with van der Waals surface area (Å²) in [6.07, 6.45) is 2.28. The minimum absolute atomic E-state index is 0.148. The Morgan fingerprint density at radius 1 is 1.53 bits per heavy atom. The first-order valence-corrected chi connectivity index (χ1v) is 6.38. The molecule has 0 bridgehead atoms. The molecule has 0 spiro atoms. The van der Waals surface area contributed by atoms with E-state index in [9.17, 15) is 10.1 Å². The Labute approximate surface area is 113 Å². The van der Waals surface area contributed by atoms with E-state index in [1.165, 1.54) is 0 Å². The van der Waals surface area contributed by atoms with Crippen molar-refractivity contribution >= 4 is 5.69 Å². The zero-order valence-corrected chi connectivity index (χ0v) is 11.6. The molecule has 6 nitrogen and oxygen atoms in total. The molecule has 1 aromatic heterocycles. The number of nitrogens with one attached hydrogen (secondary N) is 1. The van der Waals surface area contributed by atoms with Crippen LogP contribution in [0.3, 0.4) is 0 Å². The van der Waals surface area contributed by atoms with Crippen LogP contribution in [0, 0.1) is 29.9 Å². The largest absolute Gasteiger partial charge is 0.396 e. The lowest BCUT2D eigenvalue weighted by atomic mass is 10.1. The fourth-order valence-electron chi connectivity index (χ4n) is 1.98. The molecule has 0 aliphatic carbocycles. The van der Waals surface area contributed by atoms with E-state index in [-0.39, 0.29) is 17.2 Å². The van der Waals surface area contributed by atoms with Gasteiger partial charge in [-0.3, -0.25) is 15.1 Å². The van der Waals surface area contributed by atoms with E-state index >= 15 is 0 Å². The molecule has 0 amide bonds. The molecule has 0 aliphatic heterocycles. The Morgan fingerprint density at radius 2 is 2.21 bits per heavy atom. The summed E-state index contributed by atoms with van der Waals surface area (Å²) in [7, 11) is 0. The minimum Gasteiger partial charge on any atom is -0.396 e. The van der Waals surface area contributed by atoms with Crippen LogP contribution in [0.15, 0.2) is 6.20 Å². The van der Waals surface area contributed by atoms with Crippen LogP contribution in [-0.4, -0.2) is 28.2 Å². The molecule has 6 heteroatoms. The number of pyridine rings is 1. The zero-order chi connectivity index (χ0) is 14.4. The summed E-state index contributed by atoms with van der Waals surface area (Å²) in [4.78, 5) is 14.9. The van der Waals surface area contributed by atoms with Crippen molar-refractivity contribution in [1.29, 1.82) is 0 Å². The molecule has 1 rings (SSSR count). The average Bonchev–Trinajstić information content (AvgIpc) is 2.32. The lowest BCUT2D eigenvalue weighted by molar-refractivity contribution is -0.386. The highest BCUT2D eigenvalue weighted by molar-refractivity contribution is 5.47. The lowest BCUT2D eigenvalue weighted by Crippen LogP contribution is -2.22. The van der Waals surface area contributed by atoms with Crippen LogP contribution >= 0.6 is 0 Å². The van der Waals surface area contributed by atoms with E-state index in [1.54, 1.807) is 20.0 Å². The van der Waals surface area contributed by atoms with Crippen molar-refractivity contribution in [3.8, 4) is 0 Å². The van der Waals surface area contributed by atoms with Gasteiger partial charge >= 0.3 is 0 Å². The quantitative estimate of drug-likeness (QED) is 0.580. The first-order valence-electron chi connectivity index (χ1n) is 6.38. The predicted octanol–water partition coefficient (Wildman–Crippen LogP) is 1.71. The molecule has 0 aromatic carbocycles. The summed E-state index contributed by atoms with van der Waals surface area (Å²) < 4.78 is 0. The van der Waals surface area contributed by atoms with Gasteiger partial charge in [0.25, 0.3) is 5.69 Å². The lowest BCUT2D eigenvalue weighted by Gasteiger charge is -2.12. The average molecular weight is 267 g/mol. The summed E-state index contributed by atoms with van der Waals surface area (Å²) in [6, 6.07) is 0. The summed E-state index contributed by atoms with van der Waals surface area (Å²) in [5.74, 6) is 0.366. The molecule has 0 aliphatic rings. The number of nitro groups is 1. The van der Waals surface area contributed by atoms with Crippen molar-refractivity contribution in [3.63, 3.8) is 0 Å². The topological polar surface area (TPSA) is 88.3 Å². The van der Waals surface area contributed by atoms with Gasteiger partial charge in [-0.25, -0.2) is 0 Å². The smallest absolute Gasteiger partial charge is 0.278 e. The van der Waals surface area contributed by atoms with Crippen LogP contribution in [0.4, 0.5) is 5.69 Å². The molecule has 106 valence electrons. The number of aliphatic hydroxyl groups is 1. The van der Waals surface area contributed by atoms with E-state index in [2.05, 4.69) is 10.3 Å². The summed E-state index contributed by atoms with van der Waals surface area (Å²) >= 11 is 0. The van der Waals surface area contributed by atoms with Crippen molar-refractivity contribution in [2.75, 3.05) is 13.2 Å². The molecule has 0 fully saturated rings. The number of aromatic nitrogens is 1. The van der Waals surface area contributed by atoms with Gasteiger partial charge in [0.15, 0.2) is 0 Å². The number of hydrogen-bond donors (Lipinski definition) is 2. The fraction of sp³-hybridized carbons (Fsp3) is 0.615. The molecular formula is C13H21N3O3. The minimum atomic E-state index is -0.357. The van der Waals surface area contributed by atoms with Gasteiger partial charge in [0.05, 0.1) is 10.6 Å². The van der Waals surface area contributed by atoms with Gasteiger partial charge in [0.1, 0.15) is 0 Å². The number of hydrogen-bond acceptors (Lipinski definition) is 5. The molecule has 0 saturated heterocycles. The van der Waals surface area contributed by atoms with Gasteiger partial charge in [-0.05, 0) is 32.7 Å². The molecule has 19 heavy (non-hydrogen) atoms. The second kappa shape index (κ2) is 7.16. The van der Waals surface area contributed by atoms with Gasteiger partial charge in [-0.1, -0.05) is 6.92 Å². The third-order valence-electron chi connectivity index (χ3n) is 3.17. The monoisotopic (exact) mass is 267 g/mol. The first kappa shape index (κ1) is 15.5. The number of nitrogens with zero attached hydrogens (tertiary/aromatic N) is 2. The molecular weight excluding hydrogens is 246 g/mol. The van der Waals surface area contributed by atoms with Crippen LogP contribution in [0.2, 0.25) is 0 Å². The SMILES string of the molecule is Cc1cnc(CNCC(C)CCO)c(C)c1[N+](=O)[O-]. The normalized spacial score (nSPS) is 12.4. The second-order valence-electron chi connectivity index (χ2n) is 4.87. The van der Waals surface area contributed by atoms with Crippen molar-refractivity contribution in [2.45, 2.75) is 33.7 Å². The molecule has 1 atom stereocenters. The third-order valence-corrected chi connectivity index (χ3v) is 3.17. The molecule has 1 aromatic rings. The molecule has 0 saturated carbocycles. The van der Waals surface area contributed by atoms with Gasteiger partial charge in [0, 0.05) is 30.5 Å². The molecule has 1 unspecified atom stereocenters. The molecule has 1 heterocycles. The van der Waals surface area contributed by atoms with Gasteiger partial charge in [0.2, 0.25) is 0 Å². The Kier molecular flexibility index (Phi) is 5.85. The van der Waals surface area contributed by atoms with Crippen LogP contribution in [0.25, 0.3) is 0 Å². The van der Waals surface area contributed by atoms with Crippen LogP contribution in [0.5, 0.6) is 0 Å². The maximum atomic E-state index is 11.0. The van der Waals surface area contributed by atoms with Crippen LogP contribution < -0.4 is 5.32 Å². The fourth-order valence-corrected chi connectivity index (χ4v) is 1.98. The van der Waals surface area contributed by atoms with Crippen molar-refractivity contribution in [2.24, 2.45) is 5.92 Å². The summed E-state index contributed by atoms with van der Waals surface area (Å²) in [5.41, 5.74) is 2.05. The first-order chi connectivity index (χ1) is 8.97. The molecule has 0 radical (unpaired) electrons. The number of aryl methyl sites for hydroxylation is 1. The molecule has 2 N–H and O–H groups in total. The Bertz CT molecular complexity index is 449. The Morgan fingerprint density at radius 3 is 2.79 bits per heavy atom. The Hall–Kier alpha value is -1.53. The standard InChI is InChI=1S/C13H21N3O3/c1-9(4-5-17)6-14-8-12-11(3)13(16(18)19)10(2)7-15-12/h7,9,14,17H,4-6,8H2,1-3H3. The van der Waals surface area contributed by atoms with Crippen LogP contribution in [0.1, 0.15) is 30.2 Å². The predicted molar refractivity (Wildman–Crippen MR) is 72.9 cm³/mol. The summed E-state index contributed by atoms with van der Waals surface area (Å²) in [5, 5.41) is 23.0. The highest BCUT2D eigenvalue weighted by atomic mass is 16.6. The van der Waals surface area contributed by atoms with Crippen molar-refractivity contribution in [3.05, 3.63) is 33.1 Å². The van der Waals surface area contributed by atoms with Crippen LogP contribution in [-0.2, 0) is 6.54 Å². The third kappa shape index (κ3) is 4.25. The second-order valence-corrected chi connectivity index (χ2v) is 4.87. The number of rotatable bonds is 7. The zero-order valence-electron chi connectivity index (χ0n) is 11.6. The highest BCUT2D eigenvalue weighted by Crippen LogP contribution is 2.23. The maximum Gasteiger partial charge on any atom is 0.278 e. The number of aliphatic hydroxyl groups excluding tert-OH is 1. The Balaban J connectivity index is 2.70. The highest BCUT2D eigenvalue weighted by Gasteiger charge is 2.18. The van der Waals surface area contributed by atoms with E-state index in [0.29, 0.717) is 29.3 Å². The summed E-state index contributed by atoms with van der Waals surface area (Å²) in [6.45, 7) is 6.90. The van der Waals surface area contributed by atoms with E-state index < -0.39 is 0 Å². The maximum absolute atomic E-state index is 11.0. The van der Waals surface area contributed by atoms with Gasteiger partial charge in [-0.15, -0.1) is 0 Å². The van der Waals surface area contributed by atoms with Crippen molar-refractivity contribution < 1.29 is 10.0 Å². The van der Waals surface area contributed by atoms with E-state index in [0.717, 1.165) is 13.0 Å². The van der Waals surface area contributed by atoms with Gasteiger partial charge in [-0.2, -0.15) is 0 Å². The van der Waals surface area contributed by atoms with Gasteiger partial charge < -0.3 is 10.4 Å². The van der Waals surface area contributed by atoms with E-state index in [4.69, 9.17) is 5.11 Å². The van der Waals surface area contributed by atoms with Crippen molar-refractivity contribution in [1.82, 2.24) is 10.3 Å². The van der Waals surface area contributed by atoms with E-state index in [1.807, 2.05) is 6.92 Å².